The molecule has 1 unspecified atom stereocenters. The van der Waals surface area contributed by atoms with Crippen LogP contribution in [-0.4, -0.2) is 54.4 Å². The van der Waals surface area contributed by atoms with Crippen LogP contribution in [0, 0.1) is 5.92 Å². The van der Waals surface area contributed by atoms with Crippen molar-refractivity contribution in [2.24, 2.45) is 5.92 Å². The summed E-state index contributed by atoms with van der Waals surface area (Å²) in [6.07, 6.45) is 12.2. The average Bonchev–Trinajstić information content (AvgIpc) is 2.75. The number of nitrogens with one attached hydrogen (secondary N) is 1. The van der Waals surface area contributed by atoms with Gasteiger partial charge in [0.1, 0.15) is 5.82 Å². The van der Waals surface area contributed by atoms with Gasteiger partial charge in [0.25, 0.3) is 0 Å². The normalized spacial score (nSPS) is 24.8. The number of imide groups is 1. The summed E-state index contributed by atoms with van der Waals surface area (Å²) in [5, 5.41) is 2.43. The fourth-order valence-electron chi connectivity index (χ4n) is 5.23. The molecular formula is C23H34N4O2. The molecule has 6 nitrogen and oxygen atoms in total. The fraction of sp³-hybridized carbons (Fsp3) is 0.696. The molecule has 0 radical (unpaired) electrons. The number of hydrogen-bond donors (Lipinski definition) is 1. The van der Waals surface area contributed by atoms with Crippen molar-refractivity contribution < 1.29 is 9.59 Å². The van der Waals surface area contributed by atoms with Crippen LogP contribution in [0.1, 0.15) is 69.3 Å². The van der Waals surface area contributed by atoms with E-state index in [4.69, 9.17) is 0 Å². The third-order valence-electron chi connectivity index (χ3n) is 7.10. The standard InChI is InChI=1S/C23H34N4O2/c1-26(19-5-3-2-4-6-19)16-17-11-13-27(14-12-17)21-9-7-18(15-24-21)20-8-10-22(28)25-23(20)29/h7,9,15,17,19-20H,2-6,8,10-14,16H2,1H3,(H,25,28,29). The minimum atomic E-state index is -0.254. The lowest BCUT2D eigenvalue weighted by Gasteiger charge is -2.38. The molecule has 3 aliphatic rings. The molecule has 2 amide bonds. The quantitative estimate of drug-likeness (QED) is 0.772. The Morgan fingerprint density at radius 2 is 1.83 bits per heavy atom. The lowest BCUT2D eigenvalue weighted by Crippen LogP contribution is -2.41. The van der Waals surface area contributed by atoms with Crippen molar-refractivity contribution in [3.8, 4) is 0 Å². The molecule has 29 heavy (non-hydrogen) atoms. The highest BCUT2D eigenvalue weighted by atomic mass is 16.2. The SMILES string of the molecule is CN(CC1CCN(c2ccc(C3CCC(=O)NC3=O)cn2)CC1)C1CCCCC1. The highest BCUT2D eigenvalue weighted by Gasteiger charge is 2.29. The second-order valence-corrected chi connectivity index (χ2v) is 9.12. The van der Waals surface area contributed by atoms with E-state index < -0.39 is 0 Å². The van der Waals surface area contributed by atoms with E-state index in [1.165, 1.54) is 51.5 Å². The number of aromatic nitrogens is 1. The van der Waals surface area contributed by atoms with Crippen LogP contribution in [0.3, 0.4) is 0 Å². The number of pyridine rings is 1. The third-order valence-corrected chi connectivity index (χ3v) is 7.10. The molecule has 1 N–H and O–H groups in total. The van der Waals surface area contributed by atoms with Gasteiger partial charge in [0, 0.05) is 38.3 Å². The Labute approximate surface area is 174 Å². The second kappa shape index (κ2) is 9.24. The van der Waals surface area contributed by atoms with Crippen molar-refractivity contribution in [3.05, 3.63) is 23.9 Å². The Balaban J connectivity index is 1.27. The number of carbonyl (C=O) groups is 2. The molecular weight excluding hydrogens is 364 g/mol. The molecule has 1 atom stereocenters. The van der Waals surface area contributed by atoms with Gasteiger partial charge in [-0.2, -0.15) is 0 Å². The largest absolute Gasteiger partial charge is 0.357 e. The molecule has 1 aliphatic carbocycles. The second-order valence-electron chi connectivity index (χ2n) is 9.12. The van der Waals surface area contributed by atoms with Crippen LogP contribution < -0.4 is 10.2 Å². The summed E-state index contributed by atoms with van der Waals surface area (Å²) >= 11 is 0. The topological polar surface area (TPSA) is 65.5 Å². The van der Waals surface area contributed by atoms with Crippen molar-refractivity contribution in [2.45, 2.75) is 69.7 Å². The summed E-state index contributed by atoms with van der Waals surface area (Å²) in [4.78, 5) is 33.0. The van der Waals surface area contributed by atoms with Crippen LogP contribution in [-0.2, 0) is 9.59 Å². The van der Waals surface area contributed by atoms with Crippen molar-refractivity contribution in [1.82, 2.24) is 15.2 Å². The number of piperidine rings is 2. The molecule has 2 aliphatic heterocycles. The molecule has 1 aromatic rings. The first-order chi connectivity index (χ1) is 14.1. The van der Waals surface area contributed by atoms with E-state index in [0.29, 0.717) is 12.8 Å². The van der Waals surface area contributed by atoms with Crippen molar-refractivity contribution in [2.75, 3.05) is 31.6 Å². The molecule has 4 rings (SSSR count). The molecule has 0 aromatic carbocycles. The summed E-state index contributed by atoms with van der Waals surface area (Å²) in [5.74, 6) is 1.16. The maximum absolute atomic E-state index is 12.1. The first-order valence-corrected chi connectivity index (χ1v) is 11.3. The van der Waals surface area contributed by atoms with Gasteiger partial charge in [-0.15, -0.1) is 0 Å². The zero-order valence-electron chi connectivity index (χ0n) is 17.6. The van der Waals surface area contributed by atoms with Gasteiger partial charge in [-0.1, -0.05) is 25.3 Å². The number of amides is 2. The van der Waals surface area contributed by atoms with E-state index in [-0.39, 0.29) is 17.7 Å². The van der Waals surface area contributed by atoms with Gasteiger partial charge in [0.2, 0.25) is 11.8 Å². The van der Waals surface area contributed by atoms with Gasteiger partial charge in [-0.25, -0.2) is 4.98 Å². The van der Waals surface area contributed by atoms with Crippen LogP contribution in [0.15, 0.2) is 18.3 Å². The van der Waals surface area contributed by atoms with Crippen LogP contribution in [0.4, 0.5) is 5.82 Å². The number of hydrogen-bond acceptors (Lipinski definition) is 5. The van der Waals surface area contributed by atoms with E-state index >= 15 is 0 Å². The van der Waals surface area contributed by atoms with Gasteiger partial charge < -0.3 is 9.80 Å². The predicted molar refractivity (Wildman–Crippen MR) is 114 cm³/mol. The monoisotopic (exact) mass is 398 g/mol. The summed E-state index contributed by atoms with van der Waals surface area (Å²) in [6.45, 7) is 3.32. The number of anilines is 1. The van der Waals surface area contributed by atoms with Crippen LogP contribution in [0.2, 0.25) is 0 Å². The molecule has 158 valence electrons. The van der Waals surface area contributed by atoms with Gasteiger partial charge >= 0.3 is 0 Å². The third kappa shape index (κ3) is 4.97. The number of carbonyl (C=O) groups excluding carboxylic acids is 2. The number of rotatable bonds is 5. The van der Waals surface area contributed by atoms with Crippen LogP contribution >= 0.6 is 0 Å². The van der Waals surface area contributed by atoms with E-state index in [9.17, 15) is 9.59 Å². The highest BCUT2D eigenvalue weighted by molar-refractivity contribution is 6.00. The van der Waals surface area contributed by atoms with Crippen LogP contribution in [0.5, 0.6) is 0 Å². The van der Waals surface area contributed by atoms with Gasteiger partial charge in [0.15, 0.2) is 0 Å². The van der Waals surface area contributed by atoms with Gasteiger partial charge in [-0.05, 0) is 56.7 Å². The zero-order chi connectivity index (χ0) is 20.2. The molecule has 0 spiro atoms. The summed E-state index contributed by atoms with van der Waals surface area (Å²) in [7, 11) is 2.32. The molecule has 6 heteroatoms. The molecule has 3 fully saturated rings. The minimum Gasteiger partial charge on any atom is -0.357 e. The van der Waals surface area contributed by atoms with E-state index in [1.807, 2.05) is 18.3 Å². The smallest absolute Gasteiger partial charge is 0.234 e. The fourth-order valence-corrected chi connectivity index (χ4v) is 5.23. The Morgan fingerprint density at radius 1 is 1.07 bits per heavy atom. The molecule has 1 saturated carbocycles. The van der Waals surface area contributed by atoms with E-state index in [1.54, 1.807) is 0 Å². The number of nitrogens with zero attached hydrogens (tertiary/aromatic N) is 3. The minimum absolute atomic E-state index is 0.173. The molecule has 0 bridgehead atoms. The van der Waals surface area contributed by atoms with Crippen LogP contribution in [0.25, 0.3) is 0 Å². The maximum Gasteiger partial charge on any atom is 0.234 e. The van der Waals surface area contributed by atoms with Crippen molar-refractivity contribution >= 4 is 17.6 Å². The summed E-state index contributed by atoms with van der Waals surface area (Å²) in [6, 6.07) is 4.84. The Morgan fingerprint density at radius 3 is 2.48 bits per heavy atom. The Kier molecular flexibility index (Phi) is 6.48. The van der Waals surface area contributed by atoms with E-state index in [0.717, 1.165) is 36.4 Å². The predicted octanol–water partition coefficient (Wildman–Crippen LogP) is 3.08. The van der Waals surface area contributed by atoms with Crippen molar-refractivity contribution in [3.63, 3.8) is 0 Å². The lowest BCUT2D eigenvalue weighted by atomic mass is 9.91. The average molecular weight is 399 g/mol. The molecule has 2 saturated heterocycles. The lowest BCUT2D eigenvalue weighted by molar-refractivity contribution is -0.134. The molecule has 3 heterocycles. The summed E-state index contributed by atoms with van der Waals surface area (Å²) in [5.41, 5.74) is 0.905. The van der Waals surface area contributed by atoms with Crippen molar-refractivity contribution in [1.29, 1.82) is 0 Å². The first kappa shape index (κ1) is 20.3. The van der Waals surface area contributed by atoms with Gasteiger partial charge in [-0.3, -0.25) is 14.9 Å². The molecule has 1 aromatic heterocycles. The Bertz CT molecular complexity index is 706. The highest BCUT2D eigenvalue weighted by Crippen LogP contribution is 2.28. The van der Waals surface area contributed by atoms with Gasteiger partial charge in [0.05, 0.1) is 5.92 Å². The maximum atomic E-state index is 12.1. The summed E-state index contributed by atoms with van der Waals surface area (Å²) < 4.78 is 0. The first-order valence-electron chi connectivity index (χ1n) is 11.3. The van der Waals surface area contributed by atoms with E-state index in [2.05, 4.69) is 27.1 Å². The zero-order valence-corrected chi connectivity index (χ0v) is 17.6. The Hall–Kier alpha value is -1.95.